The molecule has 0 radical (unpaired) electrons. The van der Waals surface area contributed by atoms with Crippen LogP contribution in [0.15, 0.2) is 30.1 Å². The fourth-order valence-electron chi connectivity index (χ4n) is 2.71. The molecule has 0 spiro atoms. The lowest BCUT2D eigenvalue weighted by atomic mass is 9.98. The first-order chi connectivity index (χ1) is 13.6. The Bertz CT molecular complexity index is 816. The number of amides is 2. The molecule has 2 rings (SSSR count). The zero-order valence-electron chi connectivity index (χ0n) is 16.7. The minimum Gasteiger partial charge on any atom is -0.489 e. The number of carboxylic acid groups (broad SMARTS) is 1. The zero-order chi connectivity index (χ0) is 21.6. The van der Waals surface area contributed by atoms with Crippen molar-refractivity contribution in [1.82, 2.24) is 10.2 Å². The number of fused-ring (bicyclic) bond motifs is 1. The average molecular weight is 408 g/mol. The first-order valence-corrected chi connectivity index (χ1v) is 9.11. The van der Waals surface area contributed by atoms with Gasteiger partial charge in [0, 0.05) is 24.2 Å². The van der Waals surface area contributed by atoms with Crippen LogP contribution in [0.2, 0.25) is 0 Å². The van der Waals surface area contributed by atoms with E-state index in [9.17, 15) is 18.8 Å². The number of aliphatic carboxylic acids is 1. The number of nitrogens with one attached hydrogen (secondary N) is 1. The van der Waals surface area contributed by atoms with Crippen molar-refractivity contribution in [3.8, 4) is 5.75 Å². The van der Waals surface area contributed by atoms with E-state index in [2.05, 4.69) is 5.32 Å². The molecule has 0 fully saturated rings. The first kappa shape index (κ1) is 22.2. The highest BCUT2D eigenvalue weighted by Crippen LogP contribution is 2.24. The number of nitrogens with zero attached hydrogens (tertiary/aromatic N) is 1. The molecular weight excluding hydrogens is 383 g/mol. The van der Waals surface area contributed by atoms with E-state index in [0.29, 0.717) is 30.6 Å². The molecule has 0 aromatic heterocycles. The predicted molar refractivity (Wildman–Crippen MR) is 103 cm³/mol. The highest BCUT2D eigenvalue weighted by atomic mass is 19.1. The van der Waals surface area contributed by atoms with Crippen LogP contribution in [0.5, 0.6) is 5.75 Å². The average Bonchev–Trinajstić information content (AvgIpc) is 2.62. The van der Waals surface area contributed by atoms with Crippen LogP contribution < -0.4 is 10.1 Å². The maximum absolute atomic E-state index is 13.1. The summed E-state index contributed by atoms with van der Waals surface area (Å²) in [6.07, 6.45) is 0.204. The standard InChI is InChI=1S/C20H25FN2O6/c1-20(2,3)29-19(27)22-10-13(9-21)12-28-15-4-5-16-14(8-15)6-7-23(18(16)26)11-17(24)25/h4-5,8-9H,6-7,10-12H2,1-3H3,(H,22,27)(H,24,25)/b13-9+. The number of alkyl carbamates (subject to hydrolysis) is 1. The molecule has 0 saturated heterocycles. The van der Waals surface area contributed by atoms with E-state index in [1.807, 2.05) is 0 Å². The van der Waals surface area contributed by atoms with Crippen LogP contribution in [0.25, 0.3) is 0 Å². The molecule has 0 aliphatic carbocycles. The summed E-state index contributed by atoms with van der Waals surface area (Å²) >= 11 is 0. The van der Waals surface area contributed by atoms with Crippen LogP contribution in [-0.2, 0) is 16.0 Å². The third-order valence-electron chi connectivity index (χ3n) is 4.01. The number of halogens is 1. The van der Waals surface area contributed by atoms with E-state index in [-0.39, 0.29) is 31.2 Å². The van der Waals surface area contributed by atoms with Gasteiger partial charge in [-0.3, -0.25) is 9.59 Å². The number of carboxylic acids is 1. The summed E-state index contributed by atoms with van der Waals surface area (Å²) in [5.74, 6) is -0.960. The molecule has 0 atom stereocenters. The summed E-state index contributed by atoms with van der Waals surface area (Å²) in [5.41, 5.74) is 0.725. The lowest BCUT2D eigenvalue weighted by molar-refractivity contribution is -0.137. The molecule has 1 aromatic carbocycles. The van der Waals surface area contributed by atoms with Crippen LogP contribution in [-0.4, -0.2) is 59.8 Å². The Balaban J connectivity index is 1.92. The number of benzene rings is 1. The molecule has 1 heterocycles. The third-order valence-corrected chi connectivity index (χ3v) is 4.01. The molecule has 0 bridgehead atoms. The highest BCUT2D eigenvalue weighted by Gasteiger charge is 2.26. The van der Waals surface area contributed by atoms with Crippen molar-refractivity contribution in [3.63, 3.8) is 0 Å². The van der Waals surface area contributed by atoms with Crippen molar-refractivity contribution >= 4 is 18.0 Å². The van der Waals surface area contributed by atoms with E-state index in [0.717, 1.165) is 5.56 Å². The van der Waals surface area contributed by atoms with Gasteiger partial charge in [0.25, 0.3) is 5.91 Å². The van der Waals surface area contributed by atoms with E-state index in [1.165, 1.54) is 4.90 Å². The molecule has 2 N–H and O–H groups in total. The lowest BCUT2D eigenvalue weighted by Gasteiger charge is -2.27. The Morgan fingerprint density at radius 2 is 2.07 bits per heavy atom. The molecule has 29 heavy (non-hydrogen) atoms. The monoisotopic (exact) mass is 408 g/mol. The molecule has 9 heteroatoms. The minimum atomic E-state index is -1.06. The van der Waals surface area contributed by atoms with Gasteiger partial charge < -0.3 is 24.8 Å². The smallest absolute Gasteiger partial charge is 0.407 e. The second-order valence-electron chi connectivity index (χ2n) is 7.60. The fraction of sp³-hybridized carbons (Fsp3) is 0.450. The van der Waals surface area contributed by atoms with E-state index in [1.54, 1.807) is 39.0 Å². The fourth-order valence-corrected chi connectivity index (χ4v) is 2.71. The molecule has 1 aromatic rings. The molecule has 8 nitrogen and oxygen atoms in total. The van der Waals surface area contributed by atoms with E-state index < -0.39 is 17.7 Å². The van der Waals surface area contributed by atoms with Gasteiger partial charge in [-0.2, -0.15) is 0 Å². The molecule has 158 valence electrons. The molecular formula is C20H25FN2O6. The van der Waals surface area contributed by atoms with Crippen LogP contribution in [0.1, 0.15) is 36.7 Å². The largest absolute Gasteiger partial charge is 0.489 e. The van der Waals surface area contributed by atoms with E-state index in [4.69, 9.17) is 14.6 Å². The van der Waals surface area contributed by atoms with Gasteiger partial charge in [-0.25, -0.2) is 9.18 Å². The van der Waals surface area contributed by atoms with Crippen molar-refractivity contribution in [2.75, 3.05) is 26.2 Å². The Hall–Kier alpha value is -3.10. The van der Waals surface area contributed by atoms with Gasteiger partial charge in [-0.05, 0) is 51.0 Å². The topological polar surface area (TPSA) is 105 Å². The second-order valence-corrected chi connectivity index (χ2v) is 7.60. The number of ether oxygens (including phenoxy) is 2. The van der Waals surface area contributed by atoms with Crippen molar-refractivity contribution in [3.05, 3.63) is 41.2 Å². The van der Waals surface area contributed by atoms with Crippen molar-refractivity contribution in [2.45, 2.75) is 32.8 Å². The molecule has 1 aliphatic heterocycles. The quantitative estimate of drug-likeness (QED) is 0.718. The maximum atomic E-state index is 13.1. The Morgan fingerprint density at radius 3 is 2.69 bits per heavy atom. The zero-order valence-corrected chi connectivity index (χ0v) is 16.7. The second kappa shape index (κ2) is 9.40. The van der Waals surface area contributed by atoms with Crippen LogP contribution in [0.3, 0.4) is 0 Å². The Kier molecular flexibility index (Phi) is 7.19. The van der Waals surface area contributed by atoms with Crippen molar-refractivity contribution in [2.24, 2.45) is 0 Å². The summed E-state index contributed by atoms with van der Waals surface area (Å²) < 4.78 is 23.7. The SMILES string of the molecule is CC(C)(C)OC(=O)NC/C(=C\F)COc1ccc2c(c1)CCN(CC(=O)O)C2=O. The molecule has 1 aliphatic rings. The van der Waals surface area contributed by atoms with Gasteiger partial charge in [0.2, 0.25) is 0 Å². The summed E-state index contributed by atoms with van der Waals surface area (Å²) in [5, 5.41) is 11.3. The van der Waals surface area contributed by atoms with Gasteiger partial charge >= 0.3 is 12.1 Å². The summed E-state index contributed by atoms with van der Waals surface area (Å²) in [6.45, 7) is 4.97. The van der Waals surface area contributed by atoms with Gasteiger partial charge in [0.15, 0.2) is 0 Å². The molecule has 0 unspecified atom stereocenters. The number of carbonyl (C=O) groups is 3. The summed E-state index contributed by atoms with van der Waals surface area (Å²) in [4.78, 5) is 36.1. The van der Waals surface area contributed by atoms with Gasteiger partial charge in [0.05, 0.1) is 6.33 Å². The Labute approximate surface area is 168 Å². The highest BCUT2D eigenvalue weighted by molar-refractivity contribution is 5.98. The van der Waals surface area contributed by atoms with Crippen LogP contribution >= 0.6 is 0 Å². The van der Waals surface area contributed by atoms with Crippen molar-refractivity contribution in [1.29, 1.82) is 0 Å². The summed E-state index contributed by atoms with van der Waals surface area (Å²) in [6, 6.07) is 4.82. The normalized spacial score (nSPS) is 14.3. The maximum Gasteiger partial charge on any atom is 0.407 e. The first-order valence-electron chi connectivity index (χ1n) is 9.11. The van der Waals surface area contributed by atoms with Crippen molar-refractivity contribution < 1.29 is 33.4 Å². The van der Waals surface area contributed by atoms with Crippen LogP contribution in [0.4, 0.5) is 9.18 Å². The Morgan fingerprint density at radius 1 is 1.34 bits per heavy atom. The molecule has 0 saturated carbocycles. The number of rotatable bonds is 7. The lowest BCUT2D eigenvalue weighted by Crippen LogP contribution is -2.40. The van der Waals surface area contributed by atoms with Gasteiger partial charge in [0.1, 0.15) is 24.5 Å². The number of hydrogen-bond donors (Lipinski definition) is 2. The van der Waals surface area contributed by atoms with E-state index >= 15 is 0 Å². The summed E-state index contributed by atoms with van der Waals surface area (Å²) in [7, 11) is 0. The number of carbonyl (C=O) groups excluding carboxylic acids is 2. The third kappa shape index (κ3) is 6.78. The molecule has 2 amide bonds. The number of hydrogen-bond acceptors (Lipinski definition) is 5. The van der Waals surface area contributed by atoms with Crippen LogP contribution in [0, 0.1) is 0 Å². The minimum absolute atomic E-state index is 0.0704. The van der Waals surface area contributed by atoms with Gasteiger partial charge in [-0.15, -0.1) is 0 Å². The predicted octanol–water partition coefficient (Wildman–Crippen LogP) is 2.53. The van der Waals surface area contributed by atoms with Gasteiger partial charge in [-0.1, -0.05) is 0 Å².